The second-order valence-corrected chi connectivity index (χ2v) is 5.73. The lowest BCUT2D eigenvalue weighted by molar-refractivity contribution is -0.117. The Labute approximate surface area is 144 Å². The van der Waals surface area contributed by atoms with E-state index in [9.17, 15) is 4.79 Å². The standard InChI is InChI=1S/C14H10BrClN6O/c15-10-5-2-1-4-9(10)14-19-21-22(20-14)8-12(23)18-11-6-3-7-17-13(11)16/h1-7H,8H2,(H,18,23). The average molecular weight is 394 g/mol. The molecule has 7 nitrogen and oxygen atoms in total. The summed E-state index contributed by atoms with van der Waals surface area (Å²) in [5.41, 5.74) is 1.24. The Balaban J connectivity index is 1.71. The van der Waals surface area contributed by atoms with Gasteiger partial charge in [-0.25, -0.2) is 4.98 Å². The summed E-state index contributed by atoms with van der Waals surface area (Å²) in [6, 6.07) is 10.9. The molecule has 0 saturated carbocycles. The van der Waals surface area contributed by atoms with Crippen molar-refractivity contribution in [3.05, 3.63) is 52.2 Å². The van der Waals surface area contributed by atoms with Crippen molar-refractivity contribution < 1.29 is 4.79 Å². The van der Waals surface area contributed by atoms with Crippen molar-refractivity contribution >= 4 is 39.1 Å². The third-order valence-electron chi connectivity index (χ3n) is 2.89. The third kappa shape index (κ3) is 3.72. The smallest absolute Gasteiger partial charge is 0.248 e. The van der Waals surface area contributed by atoms with Gasteiger partial charge in [0, 0.05) is 16.2 Å². The van der Waals surface area contributed by atoms with Crippen molar-refractivity contribution in [3.63, 3.8) is 0 Å². The van der Waals surface area contributed by atoms with Crippen LogP contribution < -0.4 is 5.32 Å². The van der Waals surface area contributed by atoms with Gasteiger partial charge >= 0.3 is 0 Å². The van der Waals surface area contributed by atoms with Gasteiger partial charge in [0.25, 0.3) is 0 Å². The number of tetrazole rings is 1. The van der Waals surface area contributed by atoms with Gasteiger partial charge in [0.15, 0.2) is 5.15 Å². The summed E-state index contributed by atoms with van der Waals surface area (Å²) in [7, 11) is 0. The van der Waals surface area contributed by atoms with Crippen LogP contribution in [0.4, 0.5) is 5.69 Å². The first-order chi connectivity index (χ1) is 11.1. The molecule has 1 N–H and O–H groups in total. The molecule has 0 fully saturated rings. The van der Waals surface area contributed by atoms with E-state index in [1.807, 2.05) is 24.3 Å². The fourth-order valence-corrected chi connectivity index (χ4v) is 2.49. The number of hydrogen-bond donors (Lipinski definition) is 1. The zero-order valence-electron chi connectivity index (χ0n) is 11.6. The van der Waals surface area contributed by atoms with Crippen LogP contribution in [0.1, 0.15) is 0 Å². The van der Waals surface area contributed by atoms with Gasteiger partial charge in [0.1, 0.15) is 6.54 Å². The minimum atomic E-state index is -0.323. The Bertz CT molecular complexity index is 853. The normalized spacial score (nSPS) is 10.5. The molecule has 1 amide bonds. The summed E-state index contributed by atoms with van der Waals surface area (Å²) in [5, 5.41) is 14.9. The molecule has 116 valence electrons. The minimum absolute atomic E-state index is 0.0807. The molecule has 0 aliphatic carbocycles. The van der Waals surface area contributed by atoms with Gasteiger partial charge in [-0.05, 0) is 29.5 Å². The molecule has 9 heteroatoms. The Kier molecular flexibility index (Phi) is 4.63. The van der Waals surface area contributed by atoms with Crippen LogP contribution in [0.3, 0.4) is 0 Å². The average Bonchev–Trinajstić information content (AvgIpc) is 2.98. The number of anilines is 1. The number of aromatic nitrogens is 5. The molecule has 3 rings (SSSR count). The summed E-state index contributed by atoms with van der Waals surface area (Å²) in [5.74, 6) is 0.112. The lowest BCUT2D eigenvalue weighted by Gasteiger charge is -2.05. The maximum atomic E-state index is 12.0. The summed E-state index contributed by atoms with van der Waals surface area (Å²) in [6.07, 6.45) is 1.54. The third-order valence-corrected chi connectivity index (χ3v) is 3.88. The van der Waals surface area contributed by atoms with E-state index in [2.05, 4.69) is 41.6 Å². The van der Waals surface area contributed by atoms with E-state index in [0.717, 1.165) is 10.0 Å². The number of halogens is 2. The molecule has 23 heavy (non-hydrogen) atoms. The SMILES string of the molecule is O=C(Cn1nnc(-c2ccccc2Br)n1)Nc1cccnc1Cl. The van der Waals surface area contributed by atoms with E-state index in [1.54, 1.807) is 18.3 Å². The van der Waals surface area contributed by atoms with Crippen molar-refractivity contribution in [2.24, 2.45) is 0 Å². The van der Waals surface area contributed by atoms with Crippen LogP contribution in [0.5, 0.6) is 0 Å². The van der Waals surface area contributed by atoms with Gasteiger partial charge in [-0.2, -0.15) is 4.80 Å². The summed E-state index contributed by atoms with van der Waals surface area (Å²) < 4.78 is 0.853. The molecule has 2 heterocycles. The molecule has 0 aliphatic heterocycles. The predicted octanol–water partition coefficient (Wildman–Crippen LogP) is 2.79. The molecule has 0 spiro atoms. The maximum Gasteiger partial charge on any atom is 0.248 e. The minimum Gasteiger partial charge on any atom is -0.322 e. The fourth-order valence-electron chi connectivity index (χ4n) is 1.86. The second kappa shape index (κ2) is 6.84. The summed E-state index contributed by atoms with van der Waals surface area (Å²) >= 11 is 9.32. The van der Waals surface area contributed by atoms with Crippen LogP contribution in [0.25, 0.3) is 11.4 Å². The highest BCUT2D eigenvalue weighted by Gasteiger charge is 2.12. The first kappa shape index (κ1) is 15.6. The Hall–Kier alpha value is -2.32. The van der Waals surface area contributed by atoms with Crippen LogP contribution >= 0.6 is 27.5 Å². The van der Waals surface area contributed by atoms with E-state index in [0.29, 0.717) is 11.5 Å². The van der Waals surface area contributed by atoms with Gasteiger partial charge in [0.05, 0.1) is 5.69 Å². The first-order valence-corrected chi connectivity index (χ1v) is 7.73. The molecule has 0 radical (unpaired) electrons. The van der Waals surface area contributed by atoms with E-state index in [-0.39, 0.29) is 17.6 Å². The molecule has 0 atom stereocenters. The number of amides is 1. The van der Waals surface area contributed by atoms with Crippen LogP contribution in [0, 0.1) is 0 Å². The largest absolute Gasteiger partial charge is 0.322 e. The number of nitrogens with zero attached hydrogens (tertiary/aromatic N) is 5. The van der Waals surface area contributed by atoms with Crippen LogP contribution in [0.15, 0.2) is 47.1 Å². The highest BCUT2D eigenvalue weighted by Crippen LogP contribution is 2.24. The maximum absolute atomic E-state index is 12.0. The number of pyridine rings is 1. The van der Waals surface area contributed by atoms with Gasteiger partial charge in [-0.15, -0.1) is 10.2 Å². The fraction of sp³-hybridized carbons (Fsp3) is 0.0714. The van der Waals surface area contributed by atoms with Crippen molar-refractivity contribution in [1.29, 1.82) is 0 Å². The zero-order valence-corrected chi connectivity index (χ0v) is 14.0. The van der Waals surface area contributed by atoms with Crippen molar-refractivity contribution in [3.8, 4) is 11.4 Å². The summed E-state index contributed by atoms with van der Waals surface area (Å²) in [4.78, 5) is 17.1. The van der Waals surface area contributed by atoms with Gasteiger partial charge in [0.2, 0.25) is 11.7 Å². The number of benzene rings is 1. The number of carbonyl (C=O) groups is 1. The lowest BCUT2D eigenvalue weighted by atomic mass is 10.2. The molecular formula is C14H10BrClN6O. The zero-order chi connectivity index (χ0) is 16.2. The molecule has 1 aromatic carbocycles. The Morgan fingerprint density at radius 1 is 1.26 bits per heavy atom. The van der Waals surface area contributed by atoms with Crippen molar-refractivity contribution in [2.45, 2.75) is 6.54 Å². The van der Waals surface area contributed by atoms with E-state index in [1.165, 1.54) is 4.80 Å². The van der Waals surface area contributed by atoms with E-state index >= 15 is 0 Å². The number of hydrogen-bond acceptors (Lipinski definition) is 5. The van der Waals surface area contributed by atoms with E-state index in [4.69, 9.17) is 11.6 Å². The number of carbonyl (C=O) groups excluding carboxylic acids is 1. The summed E-state index contributed by atoms with van der Waals surface area (Å²) in [6.45, 7) is -0.0807. The highest BCUT2D eigenvalue weighted by atomic mass is 79.9. The van der Waals surface area contributed by atoms with E-state index < -0.39 is 0 Å². The molecule has 0 unspecified atom stereocenters. The lowest BCUT2D eigenvalue weighted by Crippen LogP contribution is -2.20. The molecule has 0 aliphatic rings. The van der Waals surface area contributed by atoms with Gasteiger partial charge in [-0.1, -0.05) is 39.7 Å². The van der Waals surface area contributed by atoms with Crippen LogP contribution in [-0.4, -0.2) is 31.1 Å². The molecule has 3 aromatic rings. The van der Waals surface area contributed by atoms with Crippen LogP contribution in [-0.2, 0) is 11.3 Å². The first-order valence-electron chi connectivity index (χ1n) is 6.56. The topological polar surface area (TPSA) is 85.6 Å². The quantitative estimate of drug-likeness (QED) is 0.689. The molecular weight excluding hydrogens is 384 g/mol. The number of nitrogens with one attached hydrogen (secondary N) is 1. The Morgan fingerprint density at radius 3 is 2.87 bits per heavy atom. The monoisotopic (exact) mass is 392 g/mol. The molecule has 0 bridgehead atoms. The molecule has 2 aromatic heterocycles. The second-order valence-electron chi connectivity index (χ2n) is 4.51. The predicted molar refractivity (Wildman–Crippen MR) is 88.8 cm³/mol. The van der Waals surface area contributed by atoms with Crippen LogP contribution in [0.2, 0.25) is 5.15 Å². The highest BCUT2D eigenvalue weighted by molar-refractivity contribution is 9.10. The van der Waals surface area contributed by atoms with Gasteiger partial charge < -0.3 is 5.32 Å². The van der Waals surface area contributed by atoms with Crippen molar-refractivity contribution in [1.82, 2.24) is 25.2 Å². The van der Waals surface area contributed by atoms with Crippen molar-refractivity contribution in [2.75, 3.05) is 5.32 Å². The Morgan fingerprint density at radius 2 is 2.09 bits per heavy atom. The number of rotatable bonds is 4. The van der Waals surface area contributed by atoms with Gasteiger partial charge in [-0.3, -0.25) is 4.79 Å². The molecule has 0 saturated heterocycles.